The van der Waals surface area contributed by atoms with Gasteiger partial charge < -0.3 is 4.90 Å². The minimum Gasteiger partial charge on any atom is -0.338 e. The number of carbonyl (C=O) groups is 1. The molecular weight excluding hydrogens is 425 g/mol. The Balaban J connectivity index is 1.83. The Morgan fingerprint density at radius 3 is 2.62 bits per heavy atom. The summed E-state index contributed by atoms with van der Waals surface area (Å²) in [6.07, 6.45) is -1.44. The lowest BCUT2D eigenvalue weighted by Gasteiger charge is -2.13. The van der Waals surface area contributed by atoms with Gasteiger partial charge in [-0.25, -0.2) is 13.4 Å². The van der Waals surface area contributed by atoms with Crippen LogP contribution >= 0.6 is 11.3 Å². The number of thiazole rings is 1. The average Bonchev–Trinajstić information content (AvgIpc) is 3.18. The maximum Gasteiger partial charge on any atom is 0.417 e. The molecule has 2 heterocycles. The van der Waals surface area contributed by atoms with Gasteiger partial charge in [-0.15, -0.1) is 11.3 Å². The van der Waals surface area contributed by atoms with Gasteiger partial charge in [0.25, 0.3) is 0 Å². The molecule has 1 fully saturated rings. The Hall–Kier alpha value is -1.94. The van der Waals surface area contributed by atoms with Gasteiger partial charge in [0.2, 0.25) is 5.91 Å². The lowest BCUT2D eigenvalue weighted by atomic mass is 10.1. The number of aryl methyl sites for hydroxylation is 2. The van der Waals surface area contributed by atoms with Crippen molar-refractivity contribution in [3.8, 4) is 10.4 Å². The van der Waals surface area contributed by atoms with E-state index in [1.807, 2.05) is 6.54 Å². The molecule has 0 unspecified atom stereocenters. The lowest BCUT2D eigenvalue weighted by molar-refractivity contribution is -0.139. The molecule has 10 heteroatoms. The number of halogens is 3. The van der Waals surface area contributed by atoms with Crippen LogP contribution in [0.2, 0.25) is 0 Å². The number of nitrogens with zero attached hydrogens (tertiary/aromatic N) is 2. The summed E-state index contributed by atoms with van der Waals surface area (Å²) in [6.45, 7) is 4.27. The largest absolute Gasteiger partial charge is 0.417 e. The third kappa shape index (κ3) is 4.98. The lowest BCUT2D eigenvalue weighted by Crippen LogP contribution is -2.21. The van der Waals surface area contributed by atoms with Gasteiger partial charge in [0.05, 0.1) is 32.6 Å². The summed E-state index contributed by atoms with van der Waals surface area (Å²) in [7, 11) is -4.01. The summed E-state index contributed by atoms with van der Waals surface area (Å²) in [6, 6.07) is 3.25. The summed E-state index contributed by atoms with van der Waals surface area (Å²) < 4.78 is 63.7. The zero-order valence-corrected chi connectivity index (χ0v) is 17.5. The number of carbonyl (C=O) groups excluding carboxylic acids is 1. The molecule has 0 atom stereocenters. The standard InChI is InChI=1S/C19H20F3N2O3S2/c1-12-18(28-16(23-12)5-3-9-24-10-4-6-17(24)25)13-7-8-15(29(2,26)27)14(11-13)19(20,21)22/h7-9,11H,3-6,10H2,1-2H3. The first-order valence-electron chi connectivity index (χ1n) is 8.97. The molecule has 1 aromatic heterocycles. The highest BCUT2D eigenvalue weighted by molar-refractivity contribution is 7.90. The van der Waals surface area contributed by atoms with Crippen molar-refractivity contribution in [2.24, 2.45) is 0 Å². The second kappa shape index (κ2) is 8.06. The molecule has 2 aromatic rings. The van der Waals surface area contributed by atoms with Gasteiger partial charge in [-0.2, -0.15) is 13.2 Å². The smallest absolute Gasteiger partial charge is 0.338 e. The Bertz CT molecular complexity index is 1030. The predicted octanol–water partition coefficient (Wildman–Crippen LogP) is 4.26. The molecule has 0 bridgehead atoms. The molecule has 5 nitrogen and oxygen atoms in total. The van der Waals surface area contributed by atoms with E-state index in [9.17, 15) is 26.4 Å². The molecule has 29 heavy (non-hydrogen) atoms. The van der Waals surface area contributed by atoms with Gasteiger partial charge in [-0.1, -0.05) is 6.07 Å². The van der Waals surface area contributed by atoms with Crippen molar-refractivity contribution < 1.29 is 26.4 Å². The fraction of sp³-hybridized carbons (Fsp3) is 0.421. The van der Waals surface area contributed by atoms with Crippen LogP contribution in [0.1, 0.15) is 35.5 Å². The Kier molecular flexibility index (Phi) is 6.05. The zero-order valence-electron chi connectivity index (χ0n) is 15.9. The zero-order chi connectivity index (χ0) is 21.4. The molecule has 0 saturated carbocycles. The molecule has 1 amide bonds. The molecule has 0 spiro atoms. The van der Waals surface area contributed by atoms with Crippen molar-refractivity contribution in [2.75, 3.05) is 12.8 Å². The van der Waals surface area contributed by atoms with Gasteiger partial charge in [-0.05, 0) is 37.5 Å². The number of amides is 1. The van der Waals surface area contributed by atoms with Gasteiger partial charge in [0.15, 0.2) is 9.84 Å². The first kappa shape index (κ1) is 21.8. The number of benzene rings is 1. The van der Waals surface area contributed by atoms with E-state index >= 15 is 0 Å². The minimum atomic E-state index is -4.78. The highest BCUT2D eigenvalue weighted by Gasteiger charge is 2.36. The Labute approximate surface area is 171 Å². The first-order chi connectivity index (χ1) is 13.5. The number of sulfone groups is 1. The molecule has 3 rings (SSSR count). The molecular formula is C19H20F3N2O3S2. The maximum absolute atomic E-state index is 13.4. The summed E-state index contributed by atoms with van der Waals surface area (Å²) >= 11 is 1.28. The number of rotatable bonds is 6. The number of likely N-dealkylation sites (tertiary alicyclic amines) is 1. The van der Waals surface area contributed by atoms with Gasteiger partial charge in [-0.3, -0.25) is 4.79 Å². The van der Waals surface area contributed by atoms with Crippen LogP contribution in [0.5, 0.6) is 0 Å². The van der Waals surface area contributed by atoms with Crippen LogP contribution in [0, 0.1) is 13.5 Å². The van der Waals surface area contributed by atoms with E-state index in [-0.39, 0.29) is 11.5 Å². The molecule has 1 radical (unpaired) electrons. The molecule has 1 aromatic carbocycles. The topological polar surface area (TPSA) is 67.3 Å². The number of hydrogen-bond donors (Lipinski definition) is 0. The van der Waals surface area contributed by atoms with Crippen LogP contribution in [0.4, 0.5) is 13.2 Å². The van der Waals surface area contributed by atoms with E-state index < -0.39 is 26.5 Å². The van der Waals surface area contributed by atoms with Crippen molar-refractivity contribution in [1.29, 1.82) is 0 Å². The van der Waals surface area contributed by atoms with Crippen LogP contribution in [-0.4, -0.2) is 37.0 Å². The van der Waals surface area contributed by atoms with E-state index in [2.05, 4.69) is 4.98 Å². The predicted molar refractivity (Wildman–Crippen MR) is 104 cm³/mol. The quantitative estimate of drug-likeness (QED) is 0.667. The average molecular weight is 446 g/mol. The van der Waals surface area contributed by atoms with Gasteiger partial charge >= 0.3 is 6.18 Å². The summed E-state index contributed by atoms with van der Waals surface area (Å²) in [5.74, 6) is 0.103. The maximum atomic E-state index is 13.4. The number of alkyl halides is 3. The van der Waals surface area contributed by atoms with E-state index in [4.69, 9.17) is 0 Å². The minimum absolute atomic E-state index is 0.103. The van der Waals surface area contributed by atoms with Crippen molar-refractivity contribution in [2.45, 2.75) is 43.7 Å². The van der Waals surface area contributed by atoms with Crippen LogP contribution in [0.25, 0.3) is 10.4 Å². The molecule has 1 saturated heterocycles. The van der Waals surface area contributed by atoms with Crippen molar-refractivity contribution >= 4 is 27.1 Å². The third-order valence-corrected chi connectivity index (χ3v) is 7.03. The highest BCUT2D eigenvalue weighted by Crippen LogP contribution is 2.39. The highest BCUT2D eigenvalue weighted by atomic mass is 32.2. The van der Waals surface area contributed by atoms with Crippen molar-refractivity contribution in [3.63, 3.8) is 0 Å². The van der Waals surface area contributed by atoms with Crippen LogP contribution in [-0.2, 0) is 27.2 Å². The van der Waals surface area contributed by atoms with Crippen LogP contribution in [0.15, 0.2) is 23.1 Å². The summed E-state index contributed by atoms with van der Waals surface area (Å²) in [5, 5.41) is 0.751. The van der Waals surface area contributed by atoms with Crippen LogP contribution in [0.3, 0.4) is 0 Å². The van der Waals surface area contributed by atoms with Crippen molar-refractivity contribution in [1.82, 2.24) is 9.88 Å². The number of aromatic nitrogens is 1. The van der Waals surface area contributed by atoms with Crippen LogP contribution < -0.4 is 0 Å². The molecule has 157 valence electrons. The van der Waals surface area contributed by atoms with E-state index in [0.717, 1.165) is 29.8 Å². The first-order valence-corrected chi connectivity index (χ1v) is 11.7. The molecule has 0 N–H and O–H groups in total. The third-order valence-electron chi connectivity index (χ3n) is 4.61. The second-order valence-corrected chi connectivity index (χ2v) is 9.98. The fourth-order valence-electron chi connectivity index (χ4n) is 3.25. The molecule has 1 aliphatic rings. The van der Waals surface area contributed by atoms with E-state index in [0.29, 0.717) is 36.4 Å². The molecule has 1 aliphatic heterocycles. The van der Waals surface area contributed by atoms with E-state index in [1.165, 1.54) is 17.4 Å². The van der Waals surface area contributed by atoms with Gasteiger partial charge in [0.1, 0.15) is 0 Å². The Morgan fingerprint density at radius 1 is 1.31 bits per heavy atom. The van der Waals surface area contributed by atoms with Gasteiger partial charge in [0, 0.05) is 25.6 Å². The Morgan fingerprint density at radius 2 is 2.03 bits per heavy atom. The summed E-state index contributed by atoms with van der Waals surface area (Å²) in [5.41, 5.74) is -0.306. The van der Waals surface area contributed by atoms with Crippen molar-refractivity contribution in [3.05, 3.63) is 41.0 Å². The molecule has 0 aliphatic carbocycles. The second-order valence-electron chi connectivity index (χ2n) is 6.91. The SMILES string of the molecule is Cc1nc(CC[CH]N2CCCC2=O)sc1-c1ccc(S(C)(=O)=O)c(C(F)(F)F)c1. The normalized spacial score (nSPS) is 15.3. The monoisotopic (exact) mass is 445 g/mol. The summed E-state index contributed by atoms with van der Waals surface area (Å²) in [4.78, 5) is 17.6. The fourth-order valence-corrected chi connectivity index (χ4v) is 5.21. The van der Waals surface area contributed by atoms with E-state index in [1.54, 1.807) is 11.8 Å². The number of hydrogen-bond acceptors (Lipinski definition) is 5.